The van der Waals surface area contributed by atoms with Gasteiger partial charge in [-0.15, -0.1) is 0 Å². The molecule has 0 saturated heterocycles. The first-order chi connectivity index (χ1) is 21.0. The maximum Gasteiger partial charge on any atom is 0.513 e. The molecule has 0 heterocycles. The molecule has 264 valence electrons. The molecule has 2 atom stereocenters. The summed E-state index contributed by atoms with van der Waals surface area (Å²) in [6.45, 7) is 15.9. The average molecular weight is 631 g/mol. The highest BCUT2D eigenvalue weighted by molar-refractivity contribution is 5.60. The molecular formula is C37H74O7. The maximum atomic E-state index is 12.8. The topological polar surface area (TPSA) is 72.5 Å². The van der Waals surface area contributed by atoms with E-state index in [-0.39, 0.29) is 0 Å². The second kappa shape index (κ2) is 28.3. The Hall–Kier alpha value is -0.890. The van der Waals surface area contributed by atoms with Crippen molar-refractivity contribution in [1.29, 1.82) is 0 Å². The first kappa shape index (κ1) is 43.1. The van der Waals surface area contributed by atoms with E-state index in [0.29, 0.717) is 12.8 Å². The molecule has 2 unspecified atom stereocenters. The van der Waals surface area contributed by atoms with Gasteiger partial charge in [0.15, 0.2) is 0 Å². The fourth-order valence-electron chi connectivity index (χ4n) is 4.84. The van der Waals surface area contributed by atoms with Crippen molar-refractivity contribution in [3.8, 4) is 0 Å². The summed E-state index contributed by atoms with van der Waals surface area (Å²) in [5.74, 6) is 0. The van der Waals surface area contributed by atoms with Gasteiger partial charge in [0.25, 0.3) is 0 Å². The van der Waals surface area contributed by atoms with Crippen LogP contribution in [0.2, 0.25) is 0 Å². The van der Waals surface area contributed by atoms with Crippen molar-refractivity contribution in [2.75, 3.05) is 0 Å². The maximum absolute atomic E-state index is 12.8. The Morgan fingerprint density at radius 3 is 0.932 bits per heavy atom. The van der Waals surface area contributed by atoms with Gasteiger partial charge in [-0.3, -0.25) is 0 Å². The molecule has 7 nitrogen and oxygen atoms in total. The molecule has 0 aliphatic rings. The molecule has 0 radical (unpaired) electrons. The highest BCUT2D eigenvalue weighted by atomic mass is 17.2. The molecule has 0 amide bonds. The Bertz CT molecular complexity index is 574. The van der Waals surface area contributed by atoms with Gasteiger partial charge < -0.3 is 9.47 Å². The quantitative estimate of drug-likeness (QED) is 0.0257. The van der Waals surface area contributed by atoms with Crippen LogP contribution in [0.3, 0.4) is 0 Å². The van der Waals surface area contributed by atoms with E-state index in [1.165, 1.54) is 116 Å². The molecule has 0 N–H and O–H groups in total. The highest BCUT2D eigenvalue weighted by Gasteiger charge is 2.25. The molecule has 0 fully saturated rings. The van der Waals surface area contributed by atoms with E-state index in [1.54, 1.807) is 0 Å². The first-order valence-corrected chi connectivity index (χ1v) is 18.5. The van der Waals surface area contributed by atoms with Crippen molar-refractivity contribution < 1.29 is 33.8 Å². The van der Waals surface area contributed by atoms with Crippen LogP contribution < -0.4 is 0 Å². The lowest BCUT2D eigenvalue weighted by atomic mass is 10.1. The smallest absolute Gasteiger partial charge is 0.401 e. The Morgan fingerprint density at radius 1 is 0.432 bits per heavy atom. The third kappa shape index (κ3) is 32.5. The second-order valence-electron chi connectivity index (χ2n) is 14.6. The molecule has 0 spiro atoms. The number of hydrogen-bond acceptors (Lipinski definition) is 7. The molecule has 0 aromatic carbocycles. The van der Waals surface area contributed by atoms with Crippen LogP contribution in [0.5, 0.6) is 0 Å². The third-order valence-electron chi connectivity index (χ3n) is 7.35. The van der Waals surface area contributed by atoms with E-state index in [0.717, 1.165) is 25.7 Å². The number of hydrogen-bond donors (Lipinski definition) is 0. The summed E-state index contributed by atoms with van der Waals surface area (Å²) in [6, 6.07) is 0. The summed E-state index contributed by atoms with van der Waals surface area (Å²) in [7, 11) is 0. The minimum Gasteiger partial charge on any atom is -0.401 e. The van der Waals surface area contributed by atoms with Crippen LogP contribution in [0.4, 0.5) is 4.79 Å². The van der Waals surface area contributed by atoms with Gasteiger partial charge in [0.1, 0.15) is 0 Å². The van der Waals surface area contributed by atoms with Crippen LogP contribution in [0, 0.1) is 0 Å². The zero-order valence-corrected chi connectivity index (χ0v) is 30.5. The SMILES string of the molecule is CCCCCCCCCCCCCC(OOC(C)(C)C)OC(=O)OC(CCCCCCCCCCCCC)OOC(C)(C)C. The van der Waals surface area contributed by atoms with Crippen LogP contribution in [0.15, 0.2) is 0 Å². The van der Waals surface area contributed by atoms with Gasteiger partial charge in [-0.25, -0.2) is 14.6 Å². The van der Waals surface area contributed by atoms with E-state index in [2.05, 4.69) is 13.8 Å². The fraction of sp³-hybridized carbons (Fsp3) is 0.973. The first-order valence-electron chi connectivity index (χ1n) is 18.5. The van der Waals surface area contributed by atoms with Gasteiger partial charge in [0.2, 0.25) is 12.6 Å². The minimum atomic E-state index is -0.841. The monoisotopic (exact) mass is 631 g/mol. The van der Waals surface area contributed by atoms with Crippen molar-refractivity contribution in [2.45, 2.75) is 233 Å². The van der Waals surface area contributed by atoms with Gasteiger partial charge in [0, 0.05) is 12.8 Å². The van der Waals surface area contributed by atoms with Crippen molar-refractivity contribution in [2.24, 2.45) is 0 Å². The Morgan fingerprint density at radius 2 is 0.682 bits per heavy atom. The van der Waals surface area contributed by atoms with E-state index in [4.69, 9.17) is 29.0 Å². The van der Waals surface area contributed by atoms with Crippen LogP contribution in [0.1, 0.15) is 209 Å². The molecular weight excluding hydrogens is 556 g/mol. The van der Waals surface area contributed by atoms with Crippen LogP contribution in [0.25, 0.3) is 0 Å². The van der Waals surface area contributed by atoms with Gasteiger partial charge >= 0.3 is 6.16 Å². The normalized spacial score (nSPS) is 13.6. The van der Waals surface area contributed by atoms with Crippen molar-refractivity contribution in [3.63, 3.8) is 0 Å². The van der Waals surface area contributed by atoms with Gasteiger partial charge in [-0.1, -0.05) is 142 Å². The highest BCUT2D eigenvalue weighted by Crippen LogP contribution is 2.20. The molecule has 7 heteroatoms. The van der Waals surface area contributed by atoms with E-state index < -0.39 is 29.9 Å². The van der Waals surface area contributed by atoms with Crippen molar-refractivity contribution >= 4 is 6.16 Å². The minimum absolute atomic E-state index is 0.524. The molecule has 44 heavy (non-hydrogen) atoms. The molecule has 0 aliphatic carbocycles. The lowest BCUT2D eigenvalue weighted by molar-refractivity contribution is -0.421. The Kier molecular flexibility index (Phi) is 27.8. The van der Waals surface area contributed by atoms with Gasteiger partial charge in [0.05, 0.1) is 11.2 Å². The second-order valence-corrected chi connectivity index (χ2v) is 14.6. The number of carbonyl (C=O) groups is 1. The van der Waals surface area contributed by atoms with Crippen LogP contribution >= 0.6 is 0 Å². The summed E-state index contributed by atoms with van der Waals surface area (Å²) in [6.07, 6.45) is 26.0. The van der Waals surface area contributed by atoms with Crippen LogP contribution in [-0.4, -0.2) is 29.9 Å². The predicted octanol–water partition coefficient (Wildman–Crippen LogP) is 12.7. The summed E-state index contributed by atoms with van der Waals surface area (Å²) < 4.78 is 11.1. The zero-order valence-electron chi connectivity index (χ0n) is 30.5. The van der Waals surface area contributed by atoms with Crippen molar-refractivity contribution in [3.05, 3.63) is 0 Å². The lowest BCUT2D eigenvalue weighted by Gasteiger charge is -2.25. The molecule has 0 bridgehead atoms. The number of ether oxygens (including phenoxy) is 2. The van der Waals surface area contributed by atoms with E-state index in [1.807, 2.05) is 41.5 Å². The number of unbranched alkanes of at least 4 members (excludes halogenated alkanes) is 20. The molecule has 0 rings (SSSR count). The number of carbonyl (C=O) groups excluding carboxylic acids is 1. The Balaban J connectivity index is 4.54. The zero-order chi connectivity index (χ0) is 32.9. The predicted molar refractivity (Wildman–Crippen MR) is 181 cm³/mol. The molecule has 0 saturated carbocycles. The van der Waals surface area contributed by atoms with Crippen molar-refractivity contribution in [1.82, 2.24) is 0 Å². The number of rotatable bonds is 30. The standard InChI is InChI=1S/C37H74O7/c1-9-11-13-15-17-19-21-23-25-27-29-31-33(41-43-36(3,4)5)39-35(38)40-34(42-44-37(6,7)8)32-30-28-26-24-22-20-18-16-14-12-10-2/h33-34H,9-32H2,1-8H3. The van der Waals surface area contributed by atoms with Gasteiger partial charge in [-0.05, 0) is 54.4 Å². The summed E-state index contributed by atoms with van der Waals surface area (Å²) >= 11 is 0. The molecule has 0 aromatic rings. The molecule has 0 aliphatic heterocycles. The van der Waals surface area contributed by atoms with E-state index in [9.17, 15) is 4.79 Å². The largest absolute Gasteiger partial charge is 0.513 e. The summed E-state index contributed by atoms with van der Waals surface area (Å²) in [5, 5.41) is 0. The molecule has 0 aromatic heterocycles. The summed E-state index contributed by atoms with van der Waals surface area (Å²) in [4.78, 5) is 34.9. The third-order valence-corrected chi connectivity index (χ3v) is 7.35. The average Bonchev–Trinajstić information content (AvgIpc) is 2.95. The lowest BCUT2D eigenvalue weighted by Crippen LogP contribution is -2.31. The van der Waals surface area contributed by atoms with Crippen LogP contribution in [-0.2, 0) is 29.0 Å². The Labute approximate surface area is 273 Å². The van der Waals surface area contributed by atoms with Gasteiger partial charge in [-0.2, -0.15) is 9.78 Å². The fourth-order valence-corrected chi connectivity index (χ4v) is 4.84. The summed E-state index contributed by atoms with van der Waals surface area (Å²) in [5.41, 5.74) is -1.05. The van der Waals surface area contributed by atoms with E-state index >= 15 is 0 Å².